The first-order valence-corrected chi connectivity index (χ1v) is 7.55. The molecule has 0 fully saturated rings. The predicted molar refractivity (Wildman–Crippen MR) is 74.5 cm³/mol. The molecule has 0 aliphatic carbocycles. The van der Waals surface area contributed by atoms with Crippen molar-refractivity contribution in [3.8, 4) is 5.75 Å². The van der Waals surface area contributed by atoms with Gasteiger partial charge in [0, 0.05) is 36.4 Å². The number of benzene rings is 1. The maximum absolute atomic E-state index is 9.47. The van der Waals surface area contributed by atoms with E-state index in [4.69, 9.17) is 5.73 Å². The van der Waals surface area contributed by atoms with Crippen LogP contribution in [0.5, 0.6) is 5.75 Å². The highest BCUT2D eigenvalue weighted by molar-refractivity contribution is 8.76. The second-order valence-electron chi connectivity index (χ2n) is 3.03. The van der Waals surface area contributed by atoms with Gasteiger partial charge in [-0.25, -0.2) is 0 Å². The Morgan fingerprint density at radius 1 is 1.25 bits per heavy atom. The van der Waals surface area contributed by atoms with Crippen LogP contribution in [-0.2, 0) is 0 Å². The van der Waals surface area contributed by atoms with Crippen molar-refractivity contribution in [3.05, 3.63) is 29.8 Å². The molecule has 16 heavy (non-hydrogen) atoms. The van der Waals surface area contributed by atoms with E-state index < -0.39 is 0 Å². The van der Waals surface area contributed by atoms with Gasteiger partial charge in [-0.15, -0.1) is 0 Å². The van der Waals surface area contributed by atoms with Crippen LogP contribution in [0.2, 0.25) is 0 Å². The van der Waals surface area contributed by atoms with Crippen LogP contribution in [0.15, 0.2) is 29.3 Å². The topological polar surface area (TPSA) is 58.6 Å². The lowest BCUT2D eigenvalue weighted by Crippen LogP contribution is -2.00. The first-order valence-electron chi connectivity index (χ1n) is 5.07. The zero-order valence-electron chi connectivity index (χ0n) is 9.00. The van der Waals surface area contributed by atoms with Crippen molar-refractivity contribution in [3.63, 3.8) is 0 Å². The average molecular weight is 256 g/mol. The van der Waals surface area contributed by atoms with E-state index in [2.05, 4.69) is 4.99 Å². The molecule has 0 unspecified atom stereocenters. The Hall–Kier alpha value is -0.650. The summed E-state index contributed by atoms with van der Waals surface area (Å²) in [5.41, 5.74) is 6.14. The molecule has 0 aromatic heterocycles. The fraction of sp³-hybridized carbons (Fsp3) is 0.364. The lowest BCUT2D eigenvalue weighted by Gasteiger charge is -1.98. The highest BCUT2D eigenvalue weighted by Crippen LogP contribution is 2.19. The number of aliphatic imine (C=N–C) groups is 1. The Labute approximate surface area is 104 Å². The number of nitrogens with two attached hydrogens (primary N) is 1. The van der Waals surface area contributed by atoms with Crippen LogP contribution in [0.3, 0.4) is 0 Å². The second kappa shape index (κ2) is 8.50. The molecule has 0 atom stereocenters. The van der Waals surface area contributed by atoms with Gasteiger partial charge in [-0.05, 0) is 12.1 Å². The summed E-state index contributed by atoms with van der Waals surface area (Å²) in [6, 6.07) is 7.18. The minimum absolute atomic E-state index is 0.274. The molecule has 1 aromatic rings. The number of para-hydroxylation sites is 1. The molecule has 0 bridgehead atoms. The smallest absolute Gasteiger partial charge is 0.124 e. The lowest BCUT2D eigenvalue weighted by molar-refractivity contribution is 0.474. The number of nitrogens with zero attached hydrogens (tertiary/aromatic N) is 1. The monoisotopic (exact) mass is 256 g/mol. The summed E-state index contributed by atoms with van der Waals surface area (Å²) in [7, 11) is 3.55. The third-order valence-electron chi connectivity index (χ3n) is 1.76. The zero-order chi connectivity index (χ0) is 11.6. The maximum Gasteiger partial charge on any atom is 0.124 e. The predicted octanol–water partition coefficient (Wildman–Crippen LogP) is 2.15. The molecule has 0 radical (unpaired) electrons. The Morgan fingerprint density at radius 2 is 2.00 bits per heavy atom. The first kappa shape index (κ1) is 13.4. The zero-order valence-corrected chi connectivity index (χ0v) is 10.6. The SMILES string of the molecule is NCCSSCCN=Cc1ccccc1O. The number of phenols is 1. The second-order valence-corrected chi connectivity index (χ2v) is 5.73. The van der Waals surface area contributed by atoms with E-state index in [1.54, 1.807) is 39.9 Å². The first-order chi connectivity index (χ1) is 7.84. The van der Waals surface area contributed by atoms with Crippen LogP contribution < -0.4 is 5.73 Å². The van der Waals surface area contributed by atoms with Gasteiger partial charge in [0.2, 0.25) is 0 Å². The summed E-state index contributed by atoms with van der Waals surface area (Å²) in [5.74, 6) is 2.22. The number of phenolic OH excluding ortho intramolecular Hbond substituents is 1. The van der Waals surface area contributed by atoms with Crippen molar-refractivity contribution in [2.45, 2.75) is 0 Å². The van der Waals surface area contributed by atoms with Crippen molar-refractivity contribution in [1.82, 2.24) is 0 Å². The summed E-state index contributed by atoms with van der Waals surface area (Å²) in [6.07, 6.45) is 1.71. The average Bonchev–Trinajstić information content (AvgIpc) is 2.30. The fourth-order valence-electron chi connectivity index (χ4n) is 1.02. The van der Waals surface area contributed by atoms with Crippen LogP contribution in [-0.4, -0.2) is 35.9 Å². The minimum Gasteiger partial charge on any atom is -0.507 e. The summed E-state index contributed by atoms with van der Waals surface area (Å²) >= 11 is 0. The van der Waals surface area contributed by atoms with Gasteiger partial charge in [-0.2, -0.15) is 0 Å². The summed E-state index contributed by atoms with van der Waals surface area (Å²) in [6.45, 7) is 1.48. The van der Waals surface area contributed by atoms with Crippen LogP contribution in [0.25, 0.3) is 0 Å². The maximum atomic E-state index is 9.47. The van der Waals surface area contributed by atoms with E-state index in [0.717, 1.165) is 30.2 Å². The molecule has 0 amide bonds. The van der Waals surface area contributed by atoms with Gasteiger partial charge in [-0.1, -0.05) is 33.7 Å². The minimum atomic E-state index is 0.274. The standard InChI is InChI=1S/C11H16N2OS2/c12-5-7-15-16-8-6-13-9-10-3-1-2-4-11(10)14/h1-4,9,14H,5-8,12H2. The van der Waals surface area contributed by atoms with Crippen molar-refractivity contribution in [2.75, 3.05) is 24.6 Å². The molecule has 0 heterocycles. The molecule has 0 saturated carbocycles. The molecule has 3 N–H and O–H groups in total. The van der Waals surface area contributed by atoms with E-state index in [-0.39, 0.29) is 5.75 Å². The quantitative estimate of drug-likeness (QED) is 0.446. The number of rotatable bonds is 7. The van der Waals surface area contributed by atoms with Gasteiger partial charge in [-0.3, -0.25) is 4.99 Å². The van der Waals surface area contributed by atoms with Gasteiger partial charge in [0.05, 0.1) is 0 Å². The molecule has 0 aliphatic rings. The third kappa shape index (κ3) is 5.44. The molecule has 88 valence electrons. The molecular formula is C11H16N2OS2. The molecule has 1 rings (SSSR count). The van der Waals surface area contributed by atoms with Gasteiger partial charge in [0.1, 0.15) is 5.75 Å². The molecule has 5 heteroatoms. The van der Waals surface area contributed by atoms with Crippen molar-refractivity contribution in [2.24, 2.45) is 10.7 Å². The van der Waals surface area contributed by atoms with E-state index in [9.17, 15) is 5.11 Å². The highest BCUT2D eigenvalue weighted by atomic mass is 33.1. The van der Waals surface area contributed by atoms with E-state index >= 15 is 0 Å². The van der Waals surface area contributed by atoms with Crippen LogP contribution in [0, 0.1) is 0 Å². The Balaban J connectivity index is 2.20. The van der Waals surface area contributed by atoms with E-state index in [1.165, 1.54) is 0 Å². The number of aromatic hydroxyl groups is 1. The van der Waals surface area contributed by atoms with Gasteiger partial charge in [0.25, 0.3) is 0 Å². The number of hydrogen-bond acceptors (Lipinski definition) is 5. The summed E-state index contributed by atoms with van der Waals surface area (Å²) < 4.78 is 0. The largest absolute Gasteiger partial charge is 0.507 e. The Morgan fingerprint density at radius 3 is 2.75 bits per heavy atom. The van der Waals surface area contributed by atoms with Crippen molar-refractivity contribution >= 4 is 27.8 Å². The molecule has 0 saturated heterocycles. The third-order valence-corrected chi connectivity index (χ3v) is 4.17. The van der Waals surface area contributed by atoms with Gasteiger partial charge < -0.3 is 10.8 Å². The molecule has 0 aliphatic heterocycles. The van der Waals surface area contributed by atoms with E-state index in [1.807, 2.05) is 12.1 Å². The fourth-order valence-corrected chi connectivity index (χ4v) is 2.75. The molecule has 0 spiro atoms. The number of hydrogen-bond donors (Lipinski definition) is 2. The van der Waals surface area contributed by atoms with Crippen molar-refractivity contribution in [1.29, 1.82) is 0 Å². The van der Waals surface area contributed by atoms with Crippen LogP contribution in [0.1, 0.15) is 5.56 Å². The molecule has 1 aromatic carbocycles. The van der Waals surface area contributed by atoms with Gasteiger partial charge in [0.15, 0.2) is 0 Å². The Bertz CT molecular complexity index is 332. The summed E-state index contributed by atoms with van der Waals surface area (Å²) in [5, 5.41) is 9.47. The summed E-state index contributed by atoms with van der Waals surface area (Å²) in [4.78, 5) is 4.25. The lowest BCUT2D eigenvalue weighted by atomic mass is 10.2. The Kier molecular flexibility index (Phi) is 7.12. The van der Waals surface area contributed by atoms with Crippen LogP contribution >= 0.6 is 21.6 Å². The van der Waals surface area contributed by atoms with Gasteiger partial charge >= 0.3 is 0 Å². The van der Waals surface area contributed by atoms with E-state index in [0.29, 0.717) is 0 Å². The molecular weight excluding hydrogens is 240 g/mol. The van der Waals surface area contributed by atoms with Crippen molar-refractivity contribution < 1.29 is 5.11 Å². The van der Waals surface area contributed by atoms with Crippen LogP contribution in [0.4, 0.5) is 0 Å². The highest BCUT2D eigenvalue weighted by Gasteiger charge is 1.94. The normalized spacial score (nSPS) is 11.1. The molecule has 3 nitrogen and oxygen atoms in total.